The van der Waals surface area contributed by atoms with Gasteiger partial charge in [0, 0.05) is 25.5 Å². The normalized spacial score (nSPS) is 10.3. The Morgan fingerprint density at radius 1 is 1.09 bits per heavy atom. The van der Waals surface area contributed by atoms with Crippen LogP contribution in [0.5, 0.6) is 0 Å². The largest absolute Gasteiger partial charge is 0.349 e. The van der Waals surface area contributed by atoms with Crippen LogP contribution in [0, 0.1) is 0 Å². The lowest BCUT2D eigenvalue weighted by Gasteiger charge is -2.21. The number of rotatable bonds is 8. The van der Waals surface area contributed by atoms with Crippen molar-refractivity contribution in [3.63, 3.8) is 0 Å². The molecular weight excluding hydrogens is 290 g/mol. The second kappa shape index (κ2) is 8.82. The highest BCUT2D eigenvalue weighted by atomic mass is 16.2. The average molecular weight is 313 g/mol. The molecule has 2 heterocycles. The second-order valence-electron chi connectivity index (χ2n) is 5.23. The molecule has 0 aliphatic rings. The monoisotopic (exact) mass is 313 g/mol. The molecule has 0 aliphatic heterocycles. The Morgan fingerprint density at radius 3 is 2.52 bits per heavy atom. The van der Waals surface area contributed by atoms with Crippen molar-refractivity contribution in [1.29, 1.82) is 0 Å². The van der Waals surface area contributed by atoms with Crippen LogP contribution in [0.2, 0.25) is 0 Å². The van der Waals surface area contributed by atoms with Crippen LogP contribution in [0.15, 0.2) is 36.7 Å². The maximum Gasteiger partial charge on any atom is 0.272 e. The molecule has 0 fully saturated rings. The smallest absolute Gasteiger partial charge is 0.272 e. The molecule has 0 atom stereocenters. The summed E-state index contributed by atoms with van der Waals surface area (Å²) < 4.78 is 0. The van der Waals surface area contributed by atoms with Crippen molar-refractivity contribution >= 4 is 11.9 Å². The summed E-state index contributed by atoms with van der Waals surface area (Å²) in [7, 11) is 0. The van der Waals surface area contributed by atoms with Gasteiger partial charge in [-0.1, -0.05) is 19.9 Å². The first-order valence-corrected chi connectivity index (χ1v) is 8.00. The number of hydrogen-bond donors (Lipinski definition) is 1. The molecule has 0 radical (unpaired) electrons. The zero-order chi connectivity index (χ0) is 16.5. The first-order chi connectivity index (χ1) is 11.2. The van der Waals surface area contributed by atoms with E-state index in [4.69, 9.17) is 0 Å². The fourth-order valence-corrected chi connectivity index (χ4v) is 2.25. The van der Waals surface area contributed by atoms with Crippen molar-refractivity contribution in [1.82, 2.24) is 19.9 Å². The number of hydrogen-bond acceptors (Lipinski definition) is 5. The number of amides is 1. The third-order valence-corrected chi connectivity index (χ3v) is 3.30. The van der Waals surface area contributed by atoms with Crippen LogP contribution in [0.1, 0.15) is 42.9 Å². The van der Waals surface area contributed by atoms with E-state index in [1.165, 1.54) is 0 Å². The van der Waals surface area contributed by atoms with Gasteiger partial charge in [0.25, 0.3) is 5.91 Å². The molecule has 0 unspecified atom stereocenters. The van der Waals surface area contributed by atoms with Gasteiger partial charge in [-0.2, -0.15) is 0 Å². The molecule has 2 aromatic rings. The Labute approximate surface area is 137 Å². The molecule has 0 aromatic carbocycles. The lowest BCUT2D eigenvalue weighted by atomic mass is 10.3. The Kier molecular flexibility index (Phi) is 6.47. The molecule has 2 rings (SSSR count). The Balaban J connectivity index is 2.04. The van der Waals surface area contributed by atoms with Gasteiger partial charge in [-0.15, -0.1) is 0 Å². The van der Waals surface area contributed by atoms with Crippen LogP contribution in [0.3, 0.4) is 0 Å². The van der Waals surface area contributed by atoms with Crippen molar-refractivity contribution < 1.29 is 4.79 Å². The number of carbonyl (C=O) groups excluding carboxylic acids is 1. The summed E-state index contributed by atoms with van der Waals surface area (Å²) in [6, 6.07) is 7.38. The standard InChI is InChI=1S/C17H23N5O/c1-3-11-22(12-4-2)16(23)15-8-10-19-17(21-15)20-13-14-7-5-6-9-18-14/h5-10H,3-4,11-13H2,1-2H3,(H,19,20,21). The van der Waals surface area contributed by atoms with E-state index in [0.717, 1.165) is 31.6 Å². The maximum absolute atomic E-state index is 12.5. The second-order valence-corrected chi connectivity index (χ2v) is 5.23. The fourth-order valence-electron chi connectivity index (χ4n) is 2.25. The zero-order valence-electron chi connectivity index (χ0n) is 13.7. The molecule has 1 amide bonds. The Morgan fingerprint density at radius 2 is 1.87 bits per heavy atom. The van der Waals surface area contributed by atoms with Gasteiger partial charge in [0.15, 0.2) is 0 Å². The van der Waals surface area contributed by atoms with E-state index in [0.29, 0.717) is 18.2 Å². The van der Waals surface area contributed by atoms with Crippen LogP contribution in [-0.4, -0.2) is 38.8 Å². The van der Waals surface area contributed by atoms with E-state index in [1.54, 1.807) is 18.5 Å². The molecule has 6 heteroatoms. The van der Waals surface area contributed by atoms with Crippen LogP contribution in [0.25, 0.3) is 0 Å². The van der Waals surface area contributed by atoms with Gasteiger partial charge in [-0.05, 0) is 31.0 Å². The zero-order valence-corrected chi connectivity index (χ0v) is 13.7. The highest BCUT2D eigenvalue weighted by molar-refractivity contribution is 5.92. The molecular formula is C17H23N5O. The minimum Gasteiger partial charge on any atom is -0.349 e. The average Bonchev–Trinajstić information content (AvgIpc) is 2.60. The molecule has 0 spiro atoms. The summed E-state index contributed by atoms with van der Waals surface area (Å²) in [6.45, 7) is 6.14. The van der Waals surface area contributed by atoms with Crippen LogP contribution in [-0.2, 0) is 6.54 Å². The highest BCUT2D eigenvalue weighted by Crippen LogP contribution is 2.07. The summed E-state index contributed by atoms with van der Waals surface area (Å²) >= 11 is 0. The quantitative estimate of drug-likeness (QED) is 0.811. The van der Waals surface area contributed by atoms with Crippen LogP contribution >= 0.6 is 0 Å². The van der Waals surface area contributed by atoms with E-state index in [1.807, 2.05) is 23.1 Å². The third-order valence-electron chi connectivity index (χ3n) is 3.30. The van der Waals surface area contributed by atoms with Gasteiger partial charge >= 0.3 is 0 Å². The number of nitrogens with zero attached hydrogens (tertiary/aromatic N) is 4. The molecule has 0 aliphatic carbocycles. The topological polar surface area (TPSA) is 71.0 Å². The van der Waals surface area contributed by atoms with E-state index in [-0.39, 0.29) is 5.91 Å². The number of carbonyl (C=O) groups is 1. The first kappa shape index (κ1) is 16.9. The van der Waals surface area contributed by atoms with E-state index >= 15 is 0 Å². The number of nitrogens with one attached hydrogen (secondary N) is 1. The minimum atomic E-state index is -0.0445. The molecule has 0 bridgehead atoms. The summed E-state index contributed by atoms with van der Waals surface area (Å²) in [4.78, 5) is 27.1. The van der Waals surface area contributed by atoms with Crippen molar-refractivity contribution in [2.75, 3.05) is 18.4 Å². The number of aromatic nitrogens is 3. The van der Waals surface area contributed by atoms with Crippen LogP contribution < -0.4 is 5.32 Å². The van der Waals surface area contributed by atoms with Crippen LogP contribution in [0.4, 0.5) is 5.95 Å². The molecule has 23 heavy (non-hydrogen) atoms. The first-order valence-electron chi connectivity index (χ1n) is 8.00. The molecule has 0 saturated carbocycles. The predicted octanol–water partition coefficient (Wildman–Crippen LogP) is 2.75. The van der Waals surface area contributed by atoms with Gasteiger partial charge < -0.3 is 10.2 Å². The molecule has 1 N–H and O–H groups in total. The molecule has 122 valence electrons. The van der Waals surface area contributed by atoms with Crippen molar-refractivity contribution in [3.8, 4) is 0 Å². The summed E-state index contributed by atoms with van der Waals surface area (Å²) in [6.07, 6.45) is 5.21. The maximum atomic E-state index is 12.5. The van der Waals surface area contributed by atoms with Gasteiger partial charge in [0.1, 0.15) is 5.69 Å². The van der Waals surface area contributed by atoms with E-state index in [2.05, 4.69) is 34.1 Å². The molecule has 2 aromatic heterocycles. The number of pyridine rings is 1. The number of anilines is 1. The van der Waals surface area contributed by atoms with Gasteiger partial charge in [0.05, 0.1) is 12.2 Å². The highest BCUT2D eigenvalue weighted by Gasteiger charge is 2.16. The van der Waals surface area contributed by atoms with Crippen molar-refractivity contribution in [2.24, 2.45) is 0 Å². The van der Waals surface area contributed by atoms with E-state index in [9.17, 15) is 4.79 Å². The fraction of sp³-hybridized carbons (Fsp3) is 0.412. The molecule has 6 nitrogen and oxygen atoms in total. The Hall–Kier alpha value is -2.50. The SMILES string of the molecule is CCCN(CCC)C(=O)c1ccnc(NCc2ccccn2)n1. The van der Waals surface area contributed by atoms with Crippen molar-refractivity contribution in [2.45, 2.75) is 33.2 Å². The third kappa shape index (κ3) is 5.02. The van der Waals surface area contributed by atoms with E-state index < -0.39 is 0 Å². The summed E-state index contributed by atoms with van der Waals surface area (Å²) in [5, 5.41) is 3.10. The lowest BCUT2D eigenvalue weighted by Crippen LogP contribution is -2.33. The van der Waals surface area contributed by atoms with Gasteiger partial charge in [0.2, 0.25) is 5.95 Å². The minimum absolute atomic E-state index is 0.0445. The van der Waals surface area contributed by atoms with Gasteiger partial charge in [-0.25, -0.2) is 9.97 Å². The molecule has 0 saturated heterocycles. The summed E-state index contributed by atoms with van der Waals surface area (Å²) in [5.41, 5.74) is 1.32. The van der Waals surface area contributed by atoms with Crippen molar-refractivity contribution in [3.05, 3.63) is 48.0 Å². The lowest BCUT2D eigenvalue weighted by molar-refractivity contribution is 0.0749. The predicted molar refractivity (Wildman–Crippen MR) is 90.1 cm³/mol. The van der Waals surface area contributed by atoms with Gasteiger partial charge in [-0.3, -0.25) is 9.78 Å². The Bertz CT molecular complexity index is 611. The summed E-state index contributed by atoms with van der Waals surface area (Å²) in [5.74, 6) is 0.395.